The van der Waals surface area contributed by atoms with Gasteiger partial charge in [0.2, 0.25) is 5.91 Å². The number of thiophene rings is 1. The van der Waals surface area contributed by atoms with E-state index in [0.717, 1.165) is 12.5 Å². The van der Waals surface area contributed by atoms with E-state index in [1.807, 2.05) is 6.92 Å². The summed E-state index contributed by atoms with van der Waals surface area (Å²) in [5, 5.41) is 7.66. The molecule has 2 heterocycles. The quantitative estimate of drug-likeness (QED) is 0.922. The van der Waals surface area contributed by atoms with E-state index < -0.39 is 0 Å². The summed E-state index contributed by atoms with van der Waals surface area (Å²) in [5.41, 5.74) is 1.23. The summed E-state index contributed by atoms with van der Waals surface area (Å²) in [4.78, 5) is 14.4. The van der Waals surface area contributed by atoms with E-state index >= 15 is 0 Å². The van der Waals surface area contributed by atoms with Crippen molar-refractivity contribution in [1.82, 2.24) is 10.2 Å². The van der Waals surface area contributed by atoms with Crippen LogP contribution in [-0.2, 0) is 4.79 Å². The van der Waals surface area contributed by atoms with Gasteiger partial charge in [-0.3, -0.25) is 10.1 Å². The largest absolute Gasteiger partial charge is 0.321 e. The number of nitrogens with zero attached hydrogens (tertiary/aromatic N) is 1. The third-order valence-electron chi connectivity index (χ3n) is 4.70. The average molecular weight is 278 g/mol. The van der Waals surface area contributed by atoms with Gasteiger partial charge in [0.15, 0.2) is 0 Å². The van der Waals surface area contributed by atoms with E-state index in [1.54, 1.807) is 11.3 Å². The van der Waals surface area contributed by atoms with E-state index in [-0.39, 0.29) is 18.1 Å². The molecule has 1 aromatic rings. The fourth-order valence-electron chi connectivity index (χ4n) is 3.42. The van der Waals surface area contributed by atoms with E-state index in [9.17, 15) is 4.79 Å². The first-order valence-electron chi connectivity index (χ1n) is 7.25. The number of rotatable bonds is 3. The van der Waals surface area contributed by atoms with Gasteiger partial charge in [-0.2, -0.15) is 11.3 Å². The van der Waals surface area contributed by atoms with Gasteiger partial charge in [-0.15, -0.1) is 0 Å². The molecule has 1 aliphatic heterocycles. The Morgan fingerprint density at radius 1 is 1.42 bits per heavy atom. The zero-order chi connectivity index (χ0) is 13.4. The van der Waals surface area contributed by atoms with Crippen molar-refractivity contribution in [3.63, 3.8) is 0 Å². The van der Waals surface area contributed by atoms with Crippen molar-refractivity contribution < 1.29 is 4.79 Å². The Kier molecular flexibility index (Phi) is 3.63. The van der Waals surface area contributed by atoms with Crippen molar-refractivity contribution in [1.29, 1.82) is 0 Å². The number of carbonyl (C=O) groups excluding carboxylic acids is 1. The van der Waals surface area contributed by atoms with Crippen LogP contribution in [0.4, 0.5) is 0 Å². The van der Waals surface area contributed by atoms with Gasteiger partial charge >= 0.3 is 0 Å². The summed E-state index contributed by atoms with van der Waals surface area (Å²) in [5.74, 6) is 1.69. The lowest BCUT2D eigenvalue weighted by Crippen LogP contribution is -2.35. The minimum absolute atomic E-state index is 0.0541. The van der Waals surface area contributed by atoms with Gasteiger partial charge < -0.3 is 4.90 Å². The maximum absolute atomic E-state index is 12.4. The van der Waals surface area contributed by atoms with Crippen LogP contribution in [-0.4, -0.2) is 23.4 Å². The van der Waals surface area contributed by atoms with Crippen LogP contribution in [0.5, 0.6) is 0 Å². The monoisotopic (exact) mass is 278 g/mol. The van der Waals surface area contributed by atoms with Crippen molar-refractivity contribution in [2.75, 3.05) is 6.54 Å². The fourth-order valence-corrected chi connectivity index (χ4v) is 4.10. The predicted octanol–water partition coefficient (Wildman–Crippen LogP) is 3.00. The third kappa shape index (κ3) is 2.43. The van der Waals surface area contributed by atoms with Crippen LogP contribution in [0.1, 0.15) is 44.8 Å². The summed E-state index contributed by atoms with van der Waals surface area (Å²) in [7, 11) is 0. The highest BCUT2D eigenvalue weighted by Crippen LogP contribution is 2.35. The molecule has 1 amide bonds. The molecule has 4 unspecified atom stereocenters. The van der Waals surface area contributed by atoms with Crippen molar-refractivity contribution in [2.24, 2.45) is 11.8 Å². The minimum Gasteiger partial charge on any atom is -0.321 e. The summed E-state index contributed by atoms with van der Waals surface area (Å²) in [6.07, 6.45) is 4.00. The maximum atomic E-state index is 12.4. The Balaban J connectivity index is 1.78. The summed E-state index contributed by atoms with van der Waals surface area (Å²) in [6.45, 7) is 5.21. The third-order valence-corrected chi connectivity index (χ3v) is 5.40. The van der Waals surface area contributed by atoms with Crippen molar-refractivity contribution >= 4 is 17.2 Å². The second-order valence-corrected chi connectivity index (χ2v) is 6.79. The summed E-state index contributed by atoms with van der Waals surface area (Å²) in [6, 6.07) is 2.07. The van der Waals surface area contributed by atoms with Crippen LogP contribution in [0, 0.1) is 11.8 Å². The molecule has 1 N–H and O–H groups in total. The van der Waals surface area contributed by atoms with Crippen LogP contribution in [0.2, 0.25) is 0 Å². The van der Waals surface area contributed by atoms with Crippen LogP contribution >= 0.6 is 11.3 Å². The summed E-state index contributed by atoms with van der Waals surface area (Å²) >= 11 is 1.70. The number of carbonyl (C=O) groups is 1. The van der Waals surface area contributed by atoms with Gasteiger partial charge in [-0.1, -0.05) is 19.8 Å². The fraction of sp³-hybridized carbons (Fsp3) is 0.667. The van der Waals surface area contributed by atoms with Crippen LogP contribution in [0.3, 0.4) is 0 Å². The zero-order valence-electron chi connectivity index (χ0n) is 11.6. The highest BCUT2D eigenvalue weighted by molar-refractivity contribution is 7.07. The average Bonchev–Trinajstić information content (AvgIpc) is 3.08. The van der Waals surface area contributed by atoms with Crippen molar-refractivity contribution in [2.45, 2.75) is 45.3 Å². The molecule has 104 valence electrons. The predicted molar refractivity (Wildman–Crippen MR) is 77.9 cm³/mol. The lowest BCUT2D eigenvalue weighted by atomic mass is 9.97. The smallest absolute Gasteiger partial charge is 0.241 e. The van der Waals surface area contributed by atoms with Crippen LogP contribution in [0.25, 0.3) is 0 Å². The van der Waals surface area contributed by atoms with Gasteiger partial charge in [-0.25, -0.2) is 0 Å². The van der Waals surface area contributed by atoms with Gasteiger partial charge in [0.1, 0.15) is 6.17 Å². The Bertz CT molecular complexity index is 445. The van der Waals surface area contributed by atoms with Gasteiger partial charge in [0, 0.05) is 6.54 Å². The standard InChI is InChI=1S/C15H22N2OS/c1-10-4-3-5-12(10)8-17-14(13-6-7-19-9-13)16-11(2)15(17)18/h6-7,9-12,14,16H,3-5,8H2,1-2H3. The zero-order valence-corrected chi connectivity index (χ0v) is 12.5. The van der Waals surface area contributed by atoms with Crippen molar-refractivity contribution in [3.05, 3.63) is 22.4 Å². The maximum Gasteiger partial charge on any atom is 0.241 e. The molecular formula is C15H22N2OS. The number of hydrogen-bond donors (Lipinski definition) is 1. The molecule has 4 heteroatoms. The molecular weight excluding hydrogens is 256 g/mol. The number of hydrogen-bond acceptors (Lipinski definition) is 3. The molecule has 0 spiro atoms. The molecule has 2 aliphatic rings. The molecule has 2 fully saturated rings. The molecule has 19 heavy (non-hydrogen) atoms. The Labute approximate surface area is 119 Å². The first-order valence-corrected chi connectivity index (χ1v) is 8.19. The highest BCUT2D eigenvalue weighted by atomic mass is 32.1. The molecule has 3 rings (SSSR count). The topological polar surface area (TPSA) is 32.3 Å². The van der Waals surface area contributed by atoms with Gasteiger partial charge in [0.25, 0.3) is 0 Å². The Morgan fingerprint density at radius 3 is 2.89 bits per heavy atom. The van der Waals surface area contributed by atoms with E-state index in [2.05, 4.69) is 34.0 Å². The lowest BCUT2D eigenvalue weighted by molar-refractivity contribution is -0.130. The first kappa shape index (κ1) is 13.1. The molecule has 1 aromatic heterocycles. The Morgan fingerprint density at radius 2 is 2.26 bits per heavy atom. The molecule has 1 saturated heterocycles. The van der Waals surface area contributed by atoms with Gasteiger partial charge in [0.05, 0.1) is 6.04 Å². The SMILES string of the molecule is CC1NC(c2ccsc2)N(CC2CCCC2C)C1=O. The van der Waals surface area contributed by atoms with Crippen LogP contribution < -0.4 is 5.32 Å². The Hall–Kier alpha value is -0.870. The highest BCUT2D eigenvalue weighted by Gasteiger charge is 2.39. The summed E-state index contributed by atoms with van der Waals surface area (Å²) < 4.78 is 0. The molecule has 1 aliphatic carbocycles. The minimum atomic E-state index is -0.0541. The molecule has 4 atom stereocenters. The second-order valence-electron chi connectivity index (χ2n) is 6.01. The van der Waals surface area contributed by atoms with Gasteiger partial charge in [-0.05, 0) is 47.6 Å². The number of amides is 1. The molecule has 3 nitrogen and oxygen atoms in total. The molecule has 0 radical (unpaired) electrons. The normalized spacial score (nSPS) is 35.3. The molecule has 0 aromatic carbocycles. The van der Waals surface area contributed by atoms with E-state index in [4.69, 9.17) is 0 Å². The molecule has 0 bridgehead atoms. The van der Waals surface area contributed by atoms with E-state index in [1.165, 1.54) is 24.8 Å². The second kappa shape index (κ2) is 5.25. The van der Waals surface area contributed by atoms with E-state index in [0.29, 0.717) is 5.92 Å². The van der Waals surface area contributed by atoms with Crippen LogP contribution in [0.15, 0.2) is 16.8 Å². The van der Waals surface area contributed by atoms with Crippen molar-refractivity contribution in [3.8, 4) is 0 Å². The molecule has 1 saturated carbocycles. The first-order chi connectivity index (χ1) is 9.16. The lowest BCUT2D eigenvalue weighted by Gasteiger charge is -2.28. The number of nitrogens with one attached hydrogen (secondary N) is 1.